The van der Waals surface area contributed by atoms with Crippen LogP contribution in [0.1, 0.15) is 66.7 Å². The number of ether oxygens (including phenoxy) is 1. The maximum Gasteiger partial charge on any atom is 0.407 e. The molecule has 8 nitrogen and oxygen atoms in total. The van der Waals surface area contributed by atoms with Gasteiger partial charge in [-0.3, -0.25) is 9.59 Å². The molecule has 2 aromatic carbocycles. The molecule has 1 aliphatic heterocycles. The number of imidazole rings is 1. The number of ketones is 1. The molecule has 202 valence electrons. The van der Waals surface area contributed by atoms with Gasteiger partial charge in [-0.15, -0.1) is 0 Å². The van der Waals surface area contributed by atoms with Crippen LogP contribution in [0.25, 0.3) is 11.0 Å². The molecule has 11 heteroatoms. The summed E-state index contributed by atoms with van der Waals surface area (Å²) in [6.07, 6.45) is 0.229. The van der Waals surface area contributed by atoms with Crippen LogP contribution in [0.4, 0.5) is 4.79 Å². The van der Waals surface area contributed by atoms with E-state index in [-0.39, 0.29) is 28.9 Å². The first-order chi connectivity index (χ1) is 17.9. The molecule has 2 heterocycles. The highest BCUT2D eigenvalue weighted by Crippen LogP contribution is 2.36. The molecule has 3 N–H and O–H groups in total. The quantitative estimate of drug-likeness (QED) is 0.267. The Morgan fingerprint density at radius 3 is 2.71 bits per heavy atom. The monoisotopic (exact) mass is 620 g/mol. The number of amides is 2. The van der Waals surface area contributed by atoms with E-state index < -0.39 is 11.7 Å². The third-order valence-corrected chi connectivity index (χ3v) is 8.40. The number of rotatable bonds is 7. The van der Waals surface area contributed by atoms with Gasteiger partial charge >= 0.3 is 6.09 Å². The maximum atomic E-state index is 13.4. The first kappa shape index (κ1) is 28.4. The fourth-order valence-corrected chi connectivity index (χ4v) is 6.39. The van der Waals surface area contributed by atoms with Gasteiger partial charge in [-0.25, -0.2) is 9.78 Å². The van der Waals surface area contributed by atoms with Crippen molar-refractivity contribution in [1.82, 2.24) is 20.6 Å². The highest BCUT2D eigenvalue weighted by Gasteiger charge is 2.35. The molecule has 0 bridgehead atoms. The van der Waals surface area contributed by atoms with Crippen molar-refractivity contribution in [3.8, 4) is 0 Å². The van der Waals surface area contributed by atoms with Crippen molar-refractivity contribution in [1.29, 1.82) is 0 Å². The average molecular weight is 622 g/mol. The molecule has 2 amide bonds. The van der Waals surface area contributed by atoms with Gasteiger partial charge in [-0.05, 0) is 76.3 Å². The largest absolute Gasteiger partial charge is 0.444 e. The summed E-state index contributed by atoms with van der Waals surface area (Å²) in [6, 6.07) is 9.98. The summed E-state index contributed by atoms with van der Waals surface area (Å²) in [6.45, 7) is 7.61. The molecule has 1 aliphatic rings. The number of hydrogen-bond donors (Lipinski definition) is 3. The molecule has 3 atom stereocenters. The lowest BCUT2D eigenvalue weighted by molar-refractivity contribution is 0.0524. The number of halogens is 2. The lowest BCUT2D eigenvalue weighted by Gasteiger charge is -2.22. The number of thioether (sulfide) groups is 1. The molecule has 3 unspecified atom stereocenters. The van der Waals surface area contributed by atoms with Crippen LogP contribution in [0.2, 0.25) is 5.02 Å². The minimum absolute atomic E-state index is 0.0147. The molecule has 0 spiro atoms. The topological polar surface area (TPSA) is 113 Å². The van der Waals surface area contributed by atoms with E-state index in [1.54, 1.807) is 62.9 Å². The Bertz CT molecular complexity index is 1370. The van der Waals surface area contributed by atoms with Crippen molar-refractivity contribution >= 4 is 68.1 Å². The Balaban J connectivity index is 1.39. The Hall–Kier alpha value is -2.56. The van der Waals surface area contributed by atoms with Gasteiger partial charge < -0.3 is 20.4 Å². The van der Waals surface area contributed by atoms with E-state index in [0.29, 0.717) is 33.0 Å². The number of H-pyrrole nitrogens is 1. The normalized spacial score (nSPS) is 18.3. The molecule has 4 rings (SSSR count). The van der Waals surface area contributed by atoms with Crippen LogP contribution >= 0.6 is 39.3 Å². The summed E-state index contributed by atoms with van der Waals surface area (Å²) in [5.74, 6) is 0.908. The summed E-state index contributed by atoms with van der Waals surface area (Å²) in [5.41, 5.74) is 1.91. The summed E-state index contributed by atoms with van der Waals surface area (Å²) in [4.78, 5) is 46.1. The number of nitrogens with zero attached hydrogens (tertiary/aromatic N) is 1. The number of benzene rings is 2. The molecule has 1 fully saturated rings. The number of aromatic amines is 1. The Morgan fingerprint density at radius 2 is 2.00 bits per heavy atom. The predicted molar refractivity (Wildman–Crippen MR) is 154 cm³/mol. The molecular weight excluding hydrogens is 592 g/mol. The van der Waals surface area contributed by atoms with E-state index in [2.05, 4.69) is 36.5 Å². The van der Waals surface area contributed by atoms with Crippen molar-refractivity contribution in [2.45, 2.75) is 51.0 Å². The van der Waals surface area contributed by atoms with Crippen LogP contribution in [0.15, 0.2) is 40.9 Å². The number of Topliss-reactive ketones (excluding diaryl/α,β-unsaturated/α-hetero) is 1. The highest BCUT2D eigenvalue weighted by atomic mass is 79.9. The standard InChI is InChI=1S/C27H30BrClN4O4S/c1-14(24-32-20-8-6-16(29)12-21(20)33-24)31-25(35)15-5-7-17(19(28)11-15)23(34)18-9-10-38-22(18)13-30-26(36)37-27(2,3)4/h5-8,11-12,14,18,22H,9-10,13H2,1-4H3,(H,30,36)(H,31,35)(H,32,33). The van der Waals surface area contributed by atoms with Crippen LogP contribution < -0.4 is 10.6 Å². The number of alkyl carbamates (subject to hydrolysis) is 1. The zero-order valence-electron chi connectivity index (χ0n) is 21.6. The Labute approximate surface area is 239 Å². The van der Waals surface area contributed by atoms with E-state index in [1.165, 1.54) is 0 Å². The van der Waals surface area contributed by atoms with Gasteiger partial charge in [-0.1, -0.05) is 27.5 Å². The van der Waals surface area contributed by atoms with Gasteiger partial charge in [0.25, 0.3) is 5.91 Å². The van der Waals surface area contributed by atoms with E-state index in [1.807, 2.05) is 13.0 Å². The van der Waals surface area contributed by atoms with Crippen LogP contribution in [-0.2, 0) is 4.74 Å². The average Bonchev–Trinajstić information content (AvgIpc) is 3.48. The number of hydrogen-bond acceptors (Lipinski definition) is 6. The summed E-state index contributed by atoms with van der Waals surface area (Å²) in [7, 11) is 0. The van der Waals surface area contributed by atoms with Gasteiger partial charge in [-0.2, -0.15) is 11.8 Å². The summed E-state index contributed by atoms with van der Waals surface area (Å²) in [5, 5.41) is 6.28. The Kier molecular flexibility index (Phi) is 8.74. The van der Waals surface area contributed by atoms with Crippen molar-refractivity contribution in [3.63, 3.8) is 0 Å². The predicted octanol–water partition coefficient (Wildman–Crippen LogP) is 6.30. The van der Waals surface area contributed by atoms with E-state index >= 15 is 0 Å². The lowest BCUT2D eigenvalue weighted by atomic mass is 9.91. The van der Waals surface area contributed by atoms with Gasteiger partial charge in [0, 0.05) is 38.3 Å². The fraction of sp³-hybridized carbons (Fsp3) is 0.407. The molecule has 0 aliphatic carbocycles. The molecule has 0 saturated carbocycles. The fourth-order valence-electron chi connectivity index (χ4n) is 4.26. The molecule has 3 aromatic rings. The van der Waals surface area contributed by atoms with Crippen molar-refractivity contribution < 1.29 is 19.1 Å². The number of aromatic nitrogens is 2. The minimum atomic E-state index is -0.584. The van der Waals surface area contributed by atoms with Gasteiger partial charge in [0.15, 0.2) is 5.78 Å². The van der Waals surface area contributed by atoms with Crippen molar-refractivity contribution in [2.75, 3.05) is 12.3 Å². The molecule has 38 heavy (non-hydrogen) atoms. The number of fused-ring (bicyclic) bond motifs is 1. The molecule has 1 saturated heterocycles. The van der Waals surface area contributed by atoms with E-state index in [9.17, 15) is 14.4 Å². The van der Waals surface area contributed by atoms with Crippen molar-refractivity contribution in [2.24, 2.45) is 5.92 Å². The molecule has 0 radical (unpaired) electrons. The second kappa shape index (κ2) is 11.7. The van der Waals surface area contributed by atoms with Crippen LogP contribution in [0, 0.1) is 5.92 Å². The third kappa shape index (κ3) is 6.90. The maximum absolute atomic E-state index is 13.4. The number of nitrogens with one attached hydrogen (secondary N) is 3. The third-order valence-electron chi connectivity index (χ3n) is 6.11. The first-order valence-corrected chi connectivity index (χ1v) is 14.5. The second-order valence-electron chi connectivity index (χ2n) is 10.2. The van der Waals surface area contributed by atoms with Crippen LogP contribution in [0.5, 0.6) is 0 Å². The lowest BCUT2D eigenvalue weighted by Crippen LogP contribution is -2.38. The Morgan fingerprint density at radius 1 is 1.24 bits per heavy atom. The molecular formula is C27H30BrClN4O4S. The summed E-state index contributed by atoms with van der Waals surface area (Å²) < 4.78 is 5.86. The highest BCUT2D eigenvalue weighted by molar-refractivity contribution is 9.10. The van der Waals surface area contributed by atoms with E-state index in [4.69, 9.17) is 16.3 Å². The minimum Gasteiger partial charge on any atom is -0.444 e. The SMILES string of the molecule is CC(NC(=O)c1ccc(C(=O)C2CCSC2CNC(=O)OC(C)(C)C)c(Br)c1)c1nc2ccc(Cl)cc2[nH]1. The van der Waals surface area contributed by atoms with Crippen LogP contribution in [0.3, 0.4) is 0 Å². The van der Waals surface area contributed by atoms with Crippen molar-refractivity contribution in [3.05, 3.63) is 62.8 Å². The first-order valence-electron chi connectivity index (χ1n) is 12.3. The summed E-state index contributed by atoms with van der Waals surface area (Å²) >= 11 is 11.2. The van der Waals surface area contributed by atoms with E-state index in [0.717, 1.165) is 23.2 Å². The second-order valence-corrected chi connectivity index (χ2v) is 12.9. The number of carbonyl (C=O) groups is 3. The van der Waals surface area contributed by atoms with Gasteiger partial charge in [0.2, 0.25) is 0 Å². The zero-order chi connectivity index (χ0) is 27.6. The van der Waals surface area contributed by atoms with Crippen LogP contribution in [-0.4, -0.2) is 50.9 Å². The number of carbonyl (C=O) groups excluding carboxylic acids is 3. The molecule has 1 aromatic heterocycles. The van der Waals surface area contributed by atoms with Gasteiger partial charge in [0.05, 0.1) is 17.1 Å². The smallest absolute Gasteiger partial charge is 0.407 e. The zero-order valence-corrected chi connectivity index (χ0v) is 24.7. The van der Waals surface area contributed by atoms with Gasteiger partial charge in [0.1, 0.15) is 11.4 Å².